The van der Waals surface area contributed by atoms with Crippen LogP contribution in [0.1, 0.15) is 31.4 Å². The highest BCUT2D eigenvalue weighted by molar-refractivity contribution is 5.88. The zero-order chi connectivity index (χ0) is 14.2. The lowest BCUT2D eigenvalue weighted by Crippen LogP contribution is -2.52. The van der Waals surface area contributed by atoms with E-state index >= 15 is 0 Å². The summed E-state index contributed by atoms with van der Waals surface area (Å²) in [5.41, 5.74) is -1.00. The number of rotatable bonds is 3. The first kappa shape index (κ1) is 13.5. The Morgan fingerprint density at radius 2 is 2.21 bits per heavy atom. The van der Waals surface area contributed by atoms with Gasteiger partial charge in [-0.2, -0.15) is 0 Å². The second-order valence-corrected chi connectivity index (χ2v) is 5.11. The molecule has 1 unspecified atom stereocenters. The first-order valence-corrected chi connectivity index (χ1v) is 6.09. The second-order valence-electron chi connectivity index (χ2n) is 5.11. The summed E-state index contributed by atoms with van der Waals surface area (Å²) in [7, 11) is 1.31. The average molecular weight is 266 g/mol. The van der Waals surface area contributed by atoms with Crippen LogP contribution in [0.2, 0.25) is 0 Å². The number of urea groups is 1. The molecule has 2 heterocycles. The Morgan fingerprint density at radius 1 is 1.53 bits per heavy atom. The highest BCUT2D eigenvalue weighted by atomic mass is 16.5. The summed E-state index contributed by atoms with van der Waals surface area (Å²) in [5.74, 6) is 1.03. The predicted octanol–water partition coefficient (Wildman–Crippen LogP) is 1.61. The van der Waals surface area contributed by atoms with Crippen molar-refractivity contribution in [1.29, 1.82) is 0 Å². The van der Waals surface area contributed by atoms with Crippen LogP contribution in [0, 0.1) is 6.92 Å². The van der Waals surface area contributed by atoms with Gasteiger partial charge in [0.1, 0.15) is 23.1 Å². The van der Waals surface area contributed by atoms with Gasteiger partial charge in [0.2, 0.25) is 0 Å². The van der Waals surface area contributed by atoms with Crippen LogP contribution in [0.4, 0.5) is 4.79 Å². The summed E-state index contributed by atoms with van der Waals surface area (Å²) in [4.78, 5) is 25.2. The van der Waals surface area contributed by atoms with Crippen LogP contribution in [-0.2, 0) is 9.53 Å². The molecule has 1 N–H and O–H groups in total. The van der Waals surface area contributed by atoms with E-state index in [0.717, 1.165) is 5.76 Å². The molecule has 19 heavy (non-hydrogen) atoms. The Kier molecular flexibility index (Phi) is 3.26. The fourth-order valence-electron chi connectivity index (χ4n) is 2.18. The van der Waals surface area contributed by atoms with Crippen molar-refractivity contribution in [1.82, 2.24) is 10.2 Å². The van der Waals surface area contributed by atoms with E-state index < -0.39 is 11.5 Å². The molecule has 0 spiro atoms. The van der Waals surface area contributed by atoms with E-state index in [2.05, 4.69) is 5.32 Å². The number of ether oxygens (including phenoxy) is 1. The fourth-order valence-corrected chi connectivity index (χ4v) is 2.18. The molecule has 1 aliphatic rings. The van der Waals surface area contributed by atoms with E-state index in [1.165, 1.54) is 12.0 Å². The van der Waals surface area contributed by atoms with E-state index in [1.54, 1.807) is 13.8 Å². The van der Waals surface area contributed by atoms with Gasteiger partial charge >= 0.3 is 12.0 Å². The number of amides is 2. The minimum absolute atomic E-state index is 0.245. The Hall–Kier alpha value is -1.98. The minimum Gasteiger partial charge on any atom is -0.467 e. The normalized spacial score (nSPS) is 19.5. The maximum absolute atomic E-state index is 12.0. The lowest BCUT2D eigenvalue weighted by molar-refractivity contribution is -0.151. The smallest absolute Gasteiger partial charge is 0.331 e. The van der Waals surface area contributed by atoms with Gasteiger partial charge in [-0.25, -0.2) is 9.59 Å². The summed E-state index contributed by atoms with van der Waals surface area (Å²) in [6.45, 7) is 5.53. The van der Waals surface area contributed by atoms with Crippen molar-refractivity contribution < 1.29 is 18.7 Å². The summed E-state index contributed by atoms with van der Waals surface area (Å²) >= 11 is 0. The monoisotopic (exact) mass is 266 g/mol. The van der Waals surface area contributed by atoms with E-state index in [9.17, 15) is 9.59 Å². The summed E-state index contributed by atoms with van der Waals surface area (Å²) < 4.78 is 10.2. The number of hydrogen-bond acceptors (Lipinski definition) is 4. The van der Waals surface area contributed by atoms with Crippen molar-refractivity contribution in [2.75, 3.05) is 13.7 Å². The first-order valence-electron chi connectivity index (χ1n) is 6.09. The number of furan rings is 1. The van der Waals surface area contributed by atoms with Gasteiger partial charge in [-0.05, 0) is 32.9 Å². The van der Waals surface area contributed by atoms with E-state index in [0.29, 0.717) is 12.3 Å². The van der Waals surface area contributed by atoms with E-state index in [-0.39, 0.29) is 12.1 Å². The number of aryl methyl sites for hydroxylation is 1. The third-order valence-corrected chi connectivity index (χ3v) is 3.37. The van der Waals surface area contributed by atoms with Crippen LogP contribution in [-0.4, -0.2) is 36.1 Å². The molecule has 0 bridgehead atoms. The van der Waals surface area contributed by atoms with Crippen LogP contribution in [0.3, 0.4) is 0 Å². The van der Waals surface area contributed by atoms with Crippen molar-refractivity contribution in [3.63, 3.8) is 0 Å². The fraction of sp³-hybridized carbons (Fsp3) is 0.538. The molecule has 1 aliphatic heterocycles. The maximum Gasteiger partial charge on any atom is 0.331 e. The molecule has 0 aromatic carbocycles. The van der Waals surface area contributed by atoms with Gasteiger partial charge < -0.3 is 19.4 Å². The highest BCUT2D eigenvalue weighted by Crippen LogP contribution is 2.28. The highest BCUT2D eigenvalue weighted by Gasteiger charge is 2.45. The average Bonchev–Trinajstić information content (AvgIpc) is 2.94. The van der Waals surface area contributed by atoms with Gasteiger partial charge in [0.25, 0.3) is 0 Å². The molecule has 1 aromatic rings. The maximum atomic E-state index is 12.0. The third-order valence-electron chi connectivity index (χ3n) is 3.37. The molecule has 1 saturated heterocycles. The Bertz CT molecular complexity index is 506. The molecule has 6 heteroatoms. The molecule has 104 valence electrons. The van der Waals surface area contributed by atoms with Crippen molar-refractivity contribution in [3.8, 4) is 0 Å². The summed E-state index contributed by atoms with van der Waals surface area (Å²) in [6, 6.07) is 3.13. The van der Waals surface area contributed by atoms with Crippen LogP contribution in [0.25, 0.3) is 0 Å². The number of carbonyl (C=O) groups excluding carboxylic acids is 2. The molecule has 0 aliphatic carbocycles. The first-order chi connectivity index (χ1) is 8.86. The van der Waals surface area contributed by atoms with Gasteiger partial charge in [0.15, 0.2) is 0 Å². The van der Waals surface area contributed by atoms with Crippen LogP contribution in [0.5, 0.6) is 0 Å². The lowest BCUT2D eigenvalue weighted by atomic mass is 10.0. The van der Waals surface area contributed by atoms with Crippen LogP contribution in [0.15, 0.2) is 16.5 Å². The molecule has 1 atom stereocenters. The van der Waals surface area contributed by atoms with Crippen LogP contribution >= 0.6 is 0 Å². The molecule has 1 fully saturated rings. The Balaban J connectivity index is 2.18. The molecule has 2 rings (SSSR count). The number of hydrogen-bond donors (Lipinski definition) is 1. The molecule has 2 amide bonds. The Labute approximate surface area is 111 Å². The van der Waals surface area contributed by atoms with E-state index in [4.69, 9.17) is 9.15 Å². The largest absolute Gasteiger partial charge is 0.467 e. The second kappa shape index (κ2) is 4.60. The zero-order valence-electron chi connectivity index (χ0n) is 11.5. The van der Waals surface area contributed by atoms with Gasteiger partial charge in [-0.15, -0.1) is 0 Å². The van der Waals surface area contributed by atoms with Gasteiger partial charge in [0.05, 0.1) is 13.7 Å². The van der Waals surface area contributed by atoms with Crippen LogP contribution < -0.4 is 5.32 Å². The zero-order valence-corrected chi connectivity index (χ0v) is 11.5. The van der Waals surface area contributed by atoms with Crippen molar-refractivity contribution in [2.24, 2.45) is 0 Å². The molecule has 0 radical (unpaired) electrons. The number of nitrogens with zero attached hydrogens (tertiary/aromatic N) is 1. The standard InChI is InChI=1S/C13H18N2O4/c1-8-5-6-10(19-8)9-7-15(12(17)14-9)13(2,3)11(16)18-4/h5-6,9H,7H2,1-4H3,(H,14,17). The summed E-state index contributed by atoms with van der Waals surface area (Å²) in [5, 5.41) is 2.80. The molecular formula is C13H18N2O4. The van der Waals surface area contributed by atoms with Crippen molar-refractivity contribution in [3.05, 3.63) is 23.7 Å². The number of esters is 1. The minimum atomic E-state index is -1.00. The summed E-state index contributed by atoms with van der Waals surface area (Å²) in [6.07, 6.45) is 0. The van der Waals surface area contributed by atoms with Crippen molar-refractivity contribution >= 4 is 12.0 Å². The third kappa shape index (κ3) is 2.30. The Morgan fingerprint density at radius 3 is 2.74 bits per heavy atom. The quantitative estimate of drug-likeness (QED) is 0.844. The SMILES string of the molecule is COC(=O)C(C)(C)N1CC(c2ccc(C)o2)NC1=O. The molecule has 6 nitrogen and oxygen atoms in total. The lowest BCUT2D eigenvalue weighted by Gasteiger charge is -2.31. The number of methoxy groups -OCH3 is 1. The predicted molar refractivity (Wildman–Crippen MR) is 67.5 cm³/mol. The van der Waals surface area contributed by atoms with Gasteiger partial charge in [0, 0.05) is 0 Å². The number of carbonyl (C=O) groups is 2. The number of nitrogens with one attached hydrogen (secondary N) is 1. The molecular weight excluding hydrogens is 248 g/mol. The molecule has 1 aromatic heterocycles. The van der Waals surface area contributed by atoms with Crippen molar-refractivity contribution in [2.45, 2.75) is 32.4 Å². The molecule has 0 saturated carbocycles. The van der Waals surface area contributed by atoms with Gasteiger partial charge in [-0.1, -0.05) is 0 Å². The van der Waals surface area contributed by atoms with Gasteiger partial charge in [-0.3, -0.25) is 0 Å². The topological polar surface area (TPSA) is 71.8 Å². The van der Waals surface area contributed by atoms with E-state index in [1.807, 2.05) is 19.1 Å².